The highest BCUT2D eigenvalue weighted by atomic mass is 35.5. The number of sulfone groups is 1. The lowest BCUT2D eigenvalue weighted by Gasteiger charge is -2.12. The summed E-state index contributed by atoms with van der Waals surface area (Å²) in [5.74, 6) is 0.956. The second-order valence-electron chi connectivity index (χ2n) is 3.67. The SMILES string of the molecule is CC(CCCCl)NCCCS(C)(=O)=O. The molecule has 0 aliphatic carbocycles. The van der Waals surface area contributed by atoms with Gasteiger partial charge < -0.3 is 5.32 Å². The van der Waals surface area contributed by atoms with E-state index in [4.69, 9.17) is 11.6 Å². The number of hydrogen-bond donors (Lipinski definition) is 1. The van der Waals surface area contributed by atoms with Gasteiger partial charge in [-0.05, 0) is 32.7 Å². The molecule has 0 aromatic heterocycles. The monoisotopic (exact) mass is 241 g/mol. The van der Waals surface area contributed by atoms with Gasteiger partial charge in [-0.1, -0.05) is 0 Å². The summed E-state index contributed by atoms with van der Waals surface area (Å²) in [5, 5.41) is 3.27. The van der Waals surface area contributed by atoms with E-state index in [0.717, 1.165) is 19.4 Å². The van der Waals surface area contributed by atoms with Crippen molar-refractivity contribution < 1.29 is 8.42 Å². The normalized spacial score (nSPS) is 14.2. The van der Waals surface area contributed by atoms with Crippen LogP contribution in [0.2, 0.25) is 0 Å². The number of alkyl halides is 1. The first-order valence-electron chi connectivity index (χ1n) is 4.93. The quantitative estimate of drug-likeness (QED) is 0.517. The van der Waals surface area contributed by atoms with Gasteiger partial charge in [0.25, 0.3) is 0 Å². The molecule has 0 radical (unpaired) electrons. The Balaban J connectivity index is 3.36. The van der Waals surface area contributed by atoms with Crippen molar-refractivity contribution in [1.82, 2.24) is 5.32 Å². The van der Waals surface area contributed by atoms with Crippen LogP contribution in [0.4, 0.5) is 0 Å². The Morgan fingerprint density at radius 3 is 2.50 bits per heavy atom. The first kappa shape index (κ1) is 14.2. The van der Waals surface area contributed by atoms with Gasteiger partial charge in [-0.3, -0.25) is 0 Å². The highest BCUT2D eigenvalue weighted by Gasteiger charge is 2.03. The van der Waals surface area contributed by atoms with E-state index in [-0.39, 0.29) is 5.75 Å². The van der Waals surface area contributed by atoms with Crippen molar-refractivity contribution in [1.29, 1.82) is 0 Å². The highest BCUT2D eigenvalue weighted by molar-refractivity contribution is 7.90. The minimum atomic E-state index is -2.80. The third-order valence-corrected chi connectivity index (χ3v) is 3.25. The van der Waals surface area contributed by atoms with E-state index in [2.05, 4.69) is 12.2 Å². The Kier molecular flexibility index (Phi) is 7.59. The molecule has 0 fully saturated rings. The Labute approximate surface area is 92.1 Å². The van der Waals surface area contributed by atoms with E-state index in [1.54, 1.807) is 0 Å². The summed E-state index contributed by atoms with van der Waals surface area (Å²) in [6.45, 7) is 2.85. The topological polar surface area (TPSA) is 46.2 Å². The number of rotatable bonds is 8. The molecule has 0 aliphatic heterocycles. The fourth-order valence-electron chi connectivity index (χ4n) is 1.17. The summed E-state index contributed by atoms with van der Waals surface area (Å²) >= 11 is 5.56. The maximum absolute atomic E-state index is 10.8. The van der Waals surface area contributed by atoms with Crippen LogP contribution >= 0.6 is 11.6 Å². The minimum Gasteiger partial charge on any atom is -0.314 e. The molecule has 0 spiro atoms. The van der Waals surface area contributed by atoms with E-state index >= 15 is 0 Å². The lowest BCUT2D eigenvalue weighted by atomic mass is 10.2. The third kappa shape index (κ3) is 10.3. The molecule has 0 rings (SSSR count). The van der Waals surface area contributed by atoms with Gasteiger partial charge in [0.05, 0.1) is 5.75 Å². The van der Waals surface area contributed by atoms with E-state index in [9.17, 15) is 8.42 Å². The van der Waals surface area contributed by atoms with Crippen LogP contribution in [0.15, 0.2) is 0 Å². The Hall–Kier alpha value is 0.200. The maximum atomic E-state index is 10.8. The van der Waals surface area contributed by atoms with Gasteiger partial charge in [-0.2, -0.15) is 0 Å². The van der Waals surface area contributed by atoms with Gasteiger partial charge in [0.15, 0.2) is 0 Å². The molecule has 0 aromatic carbocycles. The molecule has 0 saturated heterocycles. The van der Waals surface area contributed by atoms with Crippen molar-refractivity contribution in [2.75, 3.05) is 24.4 Å². The number of hydrogen-bond acceptors (Lipinski definition) is 3. The van der Waals surface area contributed by atoms with Crippen molar-refractivity contribution >= 4 is 21.4 Å². The van der Waals surface area contributed by atoms with Crippen molar-refractivity contribution in [3.8, 4) is 0 Å². The summed E-state index contributed by atoms with van der Waals surface area (Å²) in [5.41, 5.74) is 0. The maximum Gasteiger partial charge on any atom is 0.147 e. The van der Waals surface area contributed by atoms with E-state index in [0.29, 0.717) is 18.3 Å². The molecule has 1 N–H and O–H groups in total. The van der Waals surface area contributed by atoms with Crippen molar-refractivity contribution in [3.63, 3.8) is 0 Å². The first-order chi connectivity index (χ1) is 6.45. The van der Waals surface area contributed by atoms with Crippen LogP contribution in [0, 0.1) is 0 Å². The van der Waals surface area contributed by atoms with Crippen molar-refractivity contribution in [2.24, 2.45) is 0 Å². The van der Waals surface area contributed by atoms with Crippen LogP contribution < -0.4 is 5.32 Å². The molecular weight excluding hydrogens is 222 g/mol. The fourth-order valence-corrected chi connectivity index (χ4v) is 1.99. The Morgan fingerprint density at radius 2 is 2.00 bits per heavy atom. The fraction of sp³-hybridized carbons (Fsp3) is 1.00. The molecule has 0 saturated carbocycles. The average Bonchev–Trinajstić information content (AvgIpc) is 2.07. The zero-order valence-electron chi connectivity index (χ0n) is 8.92. The lowest BCUT2D eigenvalue weighted by Crippen LogP contribution is -2.28. The Bertz CT molecular complexity index is 229. The molecule has 14 heavy (non-hydrogen) atoms. The standard InChI is InChI=1S/C9H20ClNO2S/c1-9(5-3-6-10)11-7-4-8-14(2,12)13/h9,11H,3-8H2,1-2H3. The molecule has 5 heteroatoms. The van der Waals surface area contributed by atoms with Crippen LogP contribution in [0.1, 0.15) is 26.2 Å². The van der Waals surface area contributed by atoms with Crippen LogP contribution in [0.3, 0.4) is 0 Å². The summed E-state index contributed by atoms with van der Waals surface area (Å²) in [6, 6.07) is 0.424. The van der Waals surface area contributed by atoms with Gasteiger partial charge in [0.1, 0.15) is 9.84 Å². The predicted molar refractivity (Wildman–Crippen MR) is 61.7 cm³/mol. The van der Waals surface area contributed by atoms with E-state index in [1.165, 1.54) is 6.26 Å². The first-order valence-corrected chi connectivity index (χ1v) is 7.52. The van der Waals surface area contributed by atoms with E-state index in [1.807, 2.05) is 0 Å². The van der Waals surface area contributed by atoms with Crippen LogP contribution in [-0.2, 0) is 9.84 Å². The van der Waals surface area contributed by atoms with Gasteiger partial charge in [0, 0.05) is 18.2 Å². The molecule has 0 amide bonds. The van der Waals surface area contributed by atoms with Gasteiger partial charge >= 0.3 is 0 Å². The largest absolute Gasteiger partial charge is 0.314 e. The zero-order valence-corrected chi connectivity index (χ0v) is 10.5. The molecular formula is C9H20ClNO2S. The van der Waals surface area contributed by atoms with Crippen molar-refractivity contribution in [3.05, 3.63) is 0 Å². The van der Waals surface area contributed by atoms with Gasteiger partial charge in [-0.15, -0.1) is 11.6 Å². The second kappa shape index (κ2) is 7.49. The summed E-state index contributed by atoms with van der Waals surface area (Å²) in [4.78, 5) is 0. The van der Waals surface area contributed by atoms with Crippen LogP contribution in [-0.4, -0.2) is 38.9 Å². The van der Waals surface area contributed by atoms with E-state index < -0.39 is 9.84 Å². The minimum absolute atomic E-state index is 0.266. The molecule has 0 bridgehead atoms. The molecule has 0 aromatic rings. The predicted octanol–water partition coefficient (Wildman–Crippen LogP) is 1.42. The molecule has 0 heterocycles. The molecule has 86 valence electrons. The smallest absolute Gasteiger partial charge is 0.147 e. The van der Waals surface area contributed by atoms with Gasteiger partial charge in [-0.25, -0.2) is 8.42 Å². The summed E-state index contributed by atoms with van der Waals surface area (Å²) < 4.78 is 21.6. The van der Waals surface area contributed by atoms with Crippen LogP contribution in [0.25, 0.3) is 0 Å². The Morgan fingerprint density at radius 1 is 1.36 bits per heavy atom. The lowest BCUT2D eigenvalue weighted by molar-refractivity contribution is 0.508. The van der Waals surface area contributed by atoms with Gasteiger partial charge in [0.2, 0.25) is 0 Å². The molecule has 3 nitrogen and oxygen atoms in total. The second-order valence-corrected chi connectivity index (χ2v) is 6.31. The summed E-state index contributed by atoms with van der Waals surface area (Å²) in [6.07, 6.45) is 4.00. The number of halogens is 1. The van der Waals surface area contributed by atoms with Crippen molar-refractivity contribution in [2.45, 2.75) is 32.2 Å². The van der Waals surface area contributed by atoms with Crippen LogP contribution in [0.5, 0.6) is 0 Å². The third-order valence-electron chi connectivity index (χ3n) is 1.96. The molecule has 1 atom stereocenters. The molecule has 0 aliphatic rings. The highest BCUT2D eigenvalue weighted by Crippen LogP contribution is 1.98. The zero-order chi connectivity index (χ0) is 11.0. The molecule has 1 unspecified atom stereocenters. The number of nitrogens with one attached hydrogen (secondary N) is 1. The average molecular weight is 242 g/mol. The summed E-state index contributed by atoms with van der Waals surface area (Å²) in [7, 11) is -2.80.